The molecule has 0 spiro atoms. The predicted octanol–water partition coefficient (Wildman–Crippen LogP) is 4.09. The molecule has 0 saturated carbocycles. The maximum Gasteiger partial charge on any atom is 0.247 e. The van der Waals surface area contributed by atoms with Crippen LogP contribution in [0.3, 0.4) is 0 Å². The van der Waals surface area contributed by atoms with Crippen molar-refractivity contribution in [1.82, 2.24) is 14.9 Å². The number of pyridine rings is 1. The molecule has 1 aromatic carbocycles. The third kappa shape index (κ3) is 5.09. The lowest BCUT2D eigenvalue weighted by Gasteiger charge is -2.21. The minimum absolute atomic E-state index is 0.0554. The van der Waals surface area contributed by atoms with Gasteiger partial charge >= 0.3 is 0 Å². The number of rotatable bonds is 6. The van der Waals surface area contributed by atoms with Crippen LogP contribution in [0.15, 0.2) is 65.6 Å². The molecule has 1 amide bonds. The van der Waals surface area contributed by atoms with Gasteiger partial charge in [-0.05, 0) is 30.7 Å². The van der Waals surface area contributed by atoms with Gasteiger partial charge in [0.05, 0.1) is 23.4 Å². The molecule has 0 saturated heterocycles. The first-order chi connectivity index (χ1) is 12.2. The molecular formula is C20H19N3OS. The summed E-state index contributed by atoms with van der Waals surface area (Å²) in [6.45, 7) is 3.06. The summed E-state index contributed by atoms with van der Waals surface area (Å²) < 4.78 is 0. The van der Waals surface area contributed by atoms with E-state index in [4.69, 9.17) is 0 Å². The number of aromatic nitrogens is 2. The fourth-order valence-corrected chi connectivity index (χ4v) is 3.02. The van der Waals surface area contributed by atoms with Gasteiger partial charge in [0.25, 0.3) is 0 Å². The second-order valence-electron chi connectivity index (χ2n) is 5.75. The Kier molecular flexibility index (Phi) is 5.69. The van der Waals surface area contributed by atoms with Crippen molar-refractivity contribution in [1.29, 1.82) is 0 Å². The smallest absolute Gasteiger partial charge is 0.247 e. The largest absolute Gasteiger partial charge is 0.329 e. The molecule has 0 N–H and O–H groups in total. The lowest BCUT2D eigenvalue weighted by molar-refractivity contribution is -0.127. The summed E-state index contributed by atoms with van der Waals surface area (Å²) in [4.78, 5) is 23.0. The van der Waals surface area contributed by atoms with Gasteiger partial charge < -0.3 is 4.90 Å². The lowest BCUT2D eigenvalue weighted by Crippen LogP contribution is -2.28. The van der Waals surface area contributed by atoms with E-state index in [2.05, 4.69) is 29.0 Å². The van der Waals surface area contributed by atoms with Crippen LogP contribution in [0.2, 0.25) is 0 Å². The van der Waals surface area contributed by atoms with Gasteiger partial charge in [0, 0.05) is 24.2 Å². The zero-order valence-electron chi connectivity index (χ0n) is 14.0. The van der Waals surface area contributed by atoms with E-state index in [1.165, 1.54) is 16.9 Å². The van der Waals surface area contributed by atoms with Crippen LogP contribution in [0.5, 0.6) is 0 Å². The van der Waals surface area contributed by atoms with Gasteiger partial charge in [-0.1, -0.05) is 35.9 Å². The standard InChI is InChI=1S/C20H19N3OS/c1-16-5-4-6-17(11-16)12-23(13-18-7-2-3-10-21-18)20(24)9-8-19-14-25-15-22-19/h2-11,14-15H,12-13H2,1H3. The summed E-state index contributed by atoms with van der Waals surface area (Å²) in [7, 11) is 0. The fraction of sp³-hybridized carbons (Fsp3) is 0.150. The van der Waals surface area contributed by atoms with Crippen molar-refractivity contribution < 1.29 is 4.79 Å². The Hall–Kier alpha value is -2.79. The van der Waals surface area contributed by atoms with Crippen molar-refractivity contribution in [3.63, 3.8) is 0 Å². The molecule has 0 atom stereocenters. The Balaban J connectivity index is 1.79. The van der Waals surface area contributed by atoms with E-state index in [0.717, 1.165) is 17.0 Å². The van der Waals surface area contributed by atoms with Crippen LogP contribution >= 0.6 is 11.3 Å². The van der Waals surface area contributed by atoms with Crippen LogP contribution in [0.1, 0.15) is 22.5 Å². The highest BCUT2D eigenvalue weighted by molar-refractivity contribution is 7.07. The van der Waals surface area contributed by atoms with E-state index in [1.54, 1.807) is 28.8 Å². The molecule has 126 valence electrons. The predicted molar refractivity (Wildman–Crippen MR) is 101 cm³/mol. The van der Waals surface area contributed by atoms with Crippen molar-refractivity contribution in [2.24, 2.45) is 0 Å². The molecule has 5 heteroatoms. The van der Waals surface area contributed by atoms with E-state index < -0.39 is 0 Å². The molecule has 0 radical (unpaired) electrons. The van der Waals surface area contributed by atoms with Crippen molar-refractivity contribution in [3.05, 3.63) is 88.1 Å². The minimum Gasteiger partial charge on any atom is -0.329 e. The van der Waals surface area contributed by atoms with Gasteiger partial charge in [-0.3, -0.25) is 9.78 Å². The minimum atomic E-state index is -0.0554. The van der Waals surface area contributed by atoms with Crippen LogP contribution in [0.4, 0.5) is 0 Å². The molecule has 4 nitrogen and oxygen atoms in total. The third-order valence-corrected chi connectivity index (χ3v) is 4.30. The highest BCUT2D eigenvalue weighted by atomic mass is 32.1. The van der Waals surface area contributed by atoms with Gasteiger partial charge in [0.1, 0.15) is 0 Å². The Bertz CT molecular complexity index is 844. The Morgan fingerprint density at radius 1 is 1.16 bits per heavy atom. The first-order valence-electron chi connectivity index (χ1n) is 8.01. The molecule has 3 aromatic rings. The number of thiazole rings is 1. The molecule has 2 heterocycles. The highest BCUT2D eigenvalue weighted by Gasteiger charge is 2.13. The SMILES string of the molecule is Cc1cccc(CN(Cc2ccccn2)C(=O)C=Cc2cscn2)c1. The van der Waals surface area contributed by atoms with Gasteiger partial charge in [-0.2, -0.15) is 0 Å². The average molecular weight is 349 g/mol. The second kappa shape index (κ2) is 8.35. The molecule has 0 aliphatic rings. The lowest BCUT2D eigenvalue weighted by atomic mass is 10.1. The van der Waals surface area contributed by atoms with E-state index in [0.29, 0.717) is 13.1 Å². The molecule has 0 bridgehead atoms. The summed E-state index contributed by atoms with van der Waals surface area (Å²) in [6.07, 6.45) is 5.07. The summed E-state index contributed by atoms with van der Waals surface area (Å²) in [5.74, 6) is -0.0554. The van der Waals surface area contributed by atoms with E-state index in [1.807, 2.05) is 35.7 Å². The highest BCUT2D eigenvalue weighted by Crippen LogP contribution is 2.12. The van der Waals surface area contributed by atoms with Crippen molar-refractivity contribution in [3.8, 4) is 0 Å². The number of amides is 1. The summed E-state index contributed by atoms with van der Waals surface area (Å²) in [5.41, 5.74) is 5.70. The van der Waals surface area contributed by atoms with Gasteiger partial charge in [-0.15, -0.1) is 11.3 Å². The maximum atomic E-state index is 12.7. The zero-order chi connectivity index (χ0) is 17.5. The topological polar surface area (TPSA) is 46.1 Å². The number of nitrogens with zero attached hydrogens (tertiary/aromatic N) is 3. The fourth-order valence-electron chi connectivity index (χ4n) is 2.50. The van der Waals surface area contributed by atoms with Crippen LogP contribution in [-0.2, 0) is 17.9 Å². The maximum absolute atomic E-state index is 12.7. The van der Waals surface area contributed by atoms with Crippen LogP contribution < -0.4 is 0 Å². The van der Waals surface area contributed by atoms with E-state index in [9.17, 15) is 4.79 Å². The molecule has 2 aromatic heterocycles. The molecule has 0 aliphatic carbocycles. The Labute approximate surface area is 151 Å². The van der Waals surface area contributed by atoms with Gasteiger partial charge in [-0.25, -0.2) is 4.98 Å². The second-order valence-corrected chi connectivity index (χ2v) is 6.47. The average Bonchev–Trinajstić information content (AvgIpc) is 3.14. The Morgan fingerprint density at radius 3 is 2.80 bits per heavy atom. The first kappa shape index (κ1) is 17.0. The van der Waals surface area contributed by atoms with Crippen LogP contribution in [0, 0.1) is 6.92 Å². The zero-order valence-corrected chi connectivity index (χ0v) is 14.8. The number of carbonyl (C=O) groups is 1. The van der Waals surface area contributed by atoms with Crippen LogP contribution in [-0.4, -0.2) is 20.8 Å². The number of carbonyl (C=O) groups excluding carboxylic acids is 1. The Morgan fingerprint density at radius 2 is 2.08 bits per heavy atom. The first-order valence-corrected chi connectivity index (χ1v) is 8.95. The normalized spacial score (nSPS) is 10.9. The van der Waals surface area contributed by atoms with E-state index in [-0.39, 0.29) is 5.91 Å². The number of benzene rings is 1. The van der Waals surface area contributed by atoms with E-state index >= 15 is 0 Å². The van der Waals surface area contributed by atoms with Crippen LogP contribution in [0.25, 0.3) is 6.08 Å². The molecule has 0 fully saturated rings. The number of aryl methyl sites for hydroxylation is 1. The van der Waals surface area contributed by atoms with Gasteiger partial charge in [0.15, 0.2) is 0 Å². The molecule has 0 aliphatic heterocycles. The van der Waals surface area contributed by atoms with Crippen molar-refractivity contribution in [2.75, 3.05) is 0 Å². The number of hydrogen-bond acceptors (Lipinski definition) is 4. The quantitative estimate of drug-likeness (QED) is 0.630. The molecular weight excluding hydrogens is 330 g/mol. The van der Waals surface area contributed by atoms with Crippen molar-refractivity contribution >= 4 is 23.3 Å². The summed E-state index contributed by atoms with van der Waals surface area (Å²) in [6, 6.07) is 13.9. The molecule has 0 unspecified atom stereocenters. The molecule has 25 heavy (non-hydrogen) atoms. The van der Waals surface area contributed by atoms with Crippen molar-refractivity contribution in [2.45, 2.75) is 20.0 Å². The summed E-state index contributed by atoms with van der Waals surface area (Å²) >= 11 is 1.51. The third-order valence-electron chi connectivity index (χ3n) is 3.69. The molecule has 3 rings (SSSR count). The monoisotopic (exact) mass is 349 g/mol. The number of hydrogen-bond donors (Lipinski definition) is 0. The summed E-state index contributed by atoms with van der Waals surface area (Å²) in [5, 5.41) is 1.91. The van der Waals surface area contributed by atoms with Gasteiger partial charge in [0.2, 0.25) is 5.91 Å².